The highest BCUT2D eigenvalue weighted by molar-refractivity contribution is 5.47. The van der Waals surface area contributed by atoms with E-state index in [2.05, 4.69) is 41.8 Å². The number of nitrogens with two attached hydrogens (primary N) is 1. The van der Waals surface area contributed by atoms with Gasteiger partial charge in [0.1, 0.15) is 0 Å². The van der Waals surface area contributed by atoms with Crippen LogP contribution in [0.25, 0.3) is 0 Å². The van der Waals surface area contributed by atoms with Crippen LogP contribution in [0.2, 0.25) is 0 Å². The number of nitrogens with zero attached hydrogens (tertiary/aromatic N) is 2. The maximum atomic E-state index is 5.90. The summed E-state index contributed by atoms with van der Waals surface area (Å²) in [6.07, 6.45) is 3.71. The normalized spacial score (nSPS) is 25.6. The molecule has 2 aliphatic rings. The second kappa shape index (κ2) is 5.74. The van der Waals surface area contributed by atoms with Gasteiger partial charge < -0.3 is 5.73 Å². The molecule has 20 heavy (non-hydrogen) atoms. The highest BCUT2D eigenvalue weighted by Crippen LogP contribution is 2.37. The summed E-state index contributed by atoms with van der Waals surface area (Å²) in [6, 6.07) is 7.85. The highest BCUT2D eigenvalue weighted by Gasteiger charge is 2.30. The third-order valence-electron chi connectivity index (χ3n) is 5.22. The molecule has 0 saturated carbocycles. The summed E-state index contributed by atoms with van der Waals surface area (Å²) < 4.78 is 0. The zero-order valence-corrected chi connectivity index (χ0v) is 12.8. The highest BCUT2D eigenvalue weighted by atomic mass is 15.3. The lowest BCUT2D eigenvalue weighted by molar-refractivity contribution is 0.0724. The maximum Gasteiger partial charge on any atom is 0.0355 e. The van der Waals surface area contributed by atoms with Crippen molar-refractivity contribution < 1.29 is 0 Å². The van der Waals surface area contributed by atoms with E-state index in [4.69, 9.17) is 5.73 Å². The zero-order valence-electron chi connectivity index (χ0n) is 12.8. The van der Waals surface area contributed by atoms with E-state index in [0.29, 0.717) is 6.04 Å². The summed E-state index contributed by atoms with van der Waals surface area (Å²) in [5, 5.41) is 0. The minimum Gasteiger partial charge on any atom is -0.399 e. The Kier molecular flexibility index (Phi) is 3.99. The molecule has 0 aromatic heterocycles. The Bertz CT molecular complexity index is 463. The first-order chi connectivity index (χ1) is 9.69. The number of nitrogen functional groups attached to an aromatic ring is 1. The van der Waals surface area contributed by atoms with Gasteiger partial charge in [0.05, 0.1) is 0 Å². The molecule has 3 rings (SSSR count). The number of hydrogen-bond acceptors (Lipinski definition) is 3. The minimum atomic E-state index is 0.629. The van der Waals surface area contributed by atoms with Crippen molar-refractivity contribution in [3.8, 4) is 0 Å². The van der Waals surface area contributed by atoms with E-state index in [1.165, 1.54) is 56.6 Å². The topological polar surface area (TPSA) is 32.5 Å². The van der Waals surface area contributed by atoms with Crippen LogP contribution < -0.4 is 5.73 Å². The monoisotopic (exact) mass is 273 g/mol. The Morgan fingerprint density at radius 1 is 1.25 bits per heavy atom. The predicted molar refractivity (Wildman–Crippen MR) is 84.8 cm³/mol. The van der Waals surface area contributed by atoms with E-state index in [0.717, 1.165) is 11.7 Å². The molecular formula is C17H27N3. The maximum absolute atomic E-state index is 5.90. The molecule has 1 aliphatic heterocycles. The number of anilines is 1. The Hall–Kier alpha value is -1.06. The molecule has 0 radical (unpaired) electrons. The molecule has 1 heterocycles. The van der Waals surface area contributed by atoms with Crippen LogP contribution in [0.4, 0.5) is 5.69 Å². The number of piperazine rings is 1. The number of fused-ring (bicyclic) bond motifs is 1. The standard InChI is InChI=1S/C17H27N3/c1-3-13(2)19-8-10-20(11-9-19)17-7-4-14-12-15(18)5-6-16(14)17/h5-6,12-13,17H,3-4,7-11,18H2,1-2H3. The van der Waals surface area contributed by atoms with Gasteiger partial charge in [0.2, 0.25) is 0 Å². The lowest BCUT2D eigenvalue weighted by Crippen LogP contribution is -2.50. The summed E-state index contributed by atoms with van der Waals surface area (Å²) in [5.41, 5.74) is 9.81. The Morgan fingerprint density at radius 2 is 2.00 bits per heavy atom. The molecule has 0 amide bonds. The van der Waals surface area contributed by atoms with E-state index in [1.54, 1.807) is 0 Å². The molecule has 3 heteroatoms. The van der Waals surface area contributed by atoms with E-state index < -0.39 is 0 Å². The van der Waals surface area contributed by atoms with Crippen LogP contribution in [0.15, 0.2) is 18.2 Å². The van der Waals surface area contributed by atoms with Crippen molar-refractivity contribution in [3.05, 3.63) is 29.3 Å². The van der Waals surface area contributed by atoms with Crippen LogP contribution in [0, 0.1) is 0 Å². The van der Waals surface area contributed by atoms with Crippen LogP contribution in [-0.4, -0.2) is 42.0 Å². The van der Waals surface area contributed by atoms with Crippen LogP contribution in [0.3, 0.4) is 0 Å². The van der Waals surface area contributed by atoms with E-state index in [9.17, 15) is 0 Å². The van der Waals surface area contributed by atoms with Gasteiger partial charge in [-0.3, -0.25) is 9.80 Å². The van der Waals surface area contributed by atoms with Gasteiger partial charge in [-0.25, -0.2) is 0 Å². The first kappa shape index (κ1) is 13.9. The van der Waals surface area contributed by atoms with Crippen molar-refractivity contribution in [3.63, 3.8) is 0 Å². The fourth-order valence-corrected chi connectivity index (χ4v) is 3.74. The van der Waals surface area contributed by atoms with Gasteiger partial charge in [0.25, 0.3) is 0 Å². The van der Waals surface area contributed by atoms with Crippen molar-refractivity contribution in [2.24, 2.45) is 0 Å². The molecule has 2 atom stereocenters. The average molecular weight is 273 g/mol. The molecule has 2 N–H and O–H groups in total. The van der Waals surface area contributed by atoms with Gasteiger partial charge in [-0.05, 0) is 49.4 Å². The molecule has 3 nitrogen and oxygen atoms in total. The van der Waals surface area contributed by atoms with Gasteiger partial charge in [-0.1, -0.05) is 13.0 Å². The molecule has 1 saturated heterocycles. The zero-order chi connectivity index (χ0) is 14.1. The molecule has 1 fully saturated rings. The number of rotatable bonds is 3. The van der Waals surface area contributed by atoms with Gasteiger partial charge in [0.15, 0.2) is 0 Å². The van der Waals surface area contributed by atoms with E-state index in [-0.39, 0.29) is 0 Å². The summed E-state index contributed by atoms with van der Waals surface area (Å²) in [5.74, 6) is 0. The second-order valence-electron chi connectivity index (χ2n) is 6.34. The van der Waals surface area contributed by atoms with Crippen LogP contribution in [0.1, 0.15) is 43.9 Å². The Balaban J connectivity index is 1.66. The van der Waals surface area contributed by atoms with Crippen LogP contribution in [0.5, 0.6) is 0 Å². The van der Waals surface area contributed by atoms with Crippen molar-refractivity contribution in [2.45, 2.75) is 45.2 Å². The van der Waals surface area contributed by atoms with Gasteiger partial charge >= 0.3 is 0 Å². The summed E-state index contributed by atoms with van der Waals surface area (Å²) >= 11 is 0. The molecule has 0 bridgehead atoms. The van der Waals surface area contributed by atoms with Crippen molar-refractivity contribution in [1.29, 1.82) is 0 Å². The minimum absolute atomic E-state index is 0.629. The Morgan fingerprint density at radius 3 is 2.70 bits per heavy atom. The molecule has 1 aromatic carbocycles. The first-order valence-corrected chi connectivity index (χ1v) is 8.05. The third-order valence-corrected chi connectivity index (χ3v) is 5.22. The molecule has 0 spiro atoms. The van der Waals surface area contributed by atoms with Gasteiger partial charge in [-0.15, -0.1) is 0 Å². The lowest BCUT2D eigenvalue weighted by Gasteiger charge is -2.40. The summed E-state index contributed by atoms with van der Waals surface area (Å²) in [7, 11) is 0. The van der Waals surface area contributed by atoms with E-state index in [1.807, 2.05) is 0 Å². The number of hydrogen-bond donors (Lipinski definition) is 1. The molecule has 1 aliphatic carbocycles. The summed E-state index contributed by atoms with van der Waals surface area (Å²) in [6.45, 7) is 9.49. The largest absolute Gasteiger partial charge is 0.399 e. The SMILES string of the molecule is CCC(C)N1CCN(C2CCc3cc(N)ccc32)CC1. The first-order valence-electron chi connectivity index (χ1n) is 8.05. The van der Waals surface area contributed by atoms with Gasteiger partial charge in [0, 0.05) is 44.0 Å². The van der Waals surface area contributed by atoms with Crippen molar-refractivity contribution >= 4 is 5.69 Å². The van der Waals surface area contributed by atoms with Gasteiger partial charge in [-0.2, -0.15) is 0 Å². The average Bonchev–Trinajstić information content (AvgIpc) is 2.89. The molecule has 1 aromatic rings. The molecular weight excluding hydrogens is 246 g/mol. The van der Waals surface area contributed by atoms with Crippen molar-refractivity contribution in [1.82, 2.24) is 9.80 Å². The fourth-order valence-electron chi connectivity index (χ4n) is 3.74. The van der Waals surface area contributed by atoms with E-state index >= 15 is 0 Å². The third kappa shape index (κ3) is 2.57. The fraction of sp³-hybridized carbons (Fsp3) is 0.647. The quantitative estimate of drug-likeness (QED) is 0.859. The van der Waals surface area contributed by atoms with Crippen molar-refractivity contribution in [2.75, 3.05) is 31.9 Å². The molecule has 110 valence electrons. The number of aryl methyl sites for hydroxylation is 1. The number of benzene rings is 1. The molecule has 2 unspecified atom stereocenters. The Labute approximate surface area is 122 Å². The smallest absolute Gasteiger partial charge is 0.0355 e. The van der Waals surface area contributed by atoms with Crippen LogP contribution >= 0.6 is 0 Å². The summed E-state index contributed by atoms with van der Waals surface area (Å²) in [4.78, 5) is 5.32. The van der Waals surface area contributed by atoms with Crippen LogP contribution in [-0.2, 0) is 6.42 Å². The second-order valence-corrected chi connectivity index (χ2v) is 6.34. The lowest BCUT2D eigenvalue weighted by atomic mass is 10.0. The predicted octanol–water partition coefficient (Wildman–Crippen LogP) is 2.67.